The average Bonchev–Trinajstić information content (AvgIpc) is 2.66. The number of nitrogens with two attached hydrogens (primary N) is 2. The van der Waals surface area contributed by atoms with Gasteiger partial charge in [0.05, 0.1) is 24.2 Å². The Kier molecular flexibility index (Phi) is 2.05. The van der Waals surface area contributed by atoms with E-state index in [1.165, 1.54) is 29.5 Å². The number of hydrogen-bond acceptors (Lipinski definition) is 5. The fraction of sp³-hybridized carbons (Fsp3) is 0. The van der Waals surface area contributed by atoms with Crippen LogP contribution in [0, 0.1) is 0 Å². The normalized spacial score (nSPS) is 10.1. The first-order chi connectivity index (χ1) is 7.16. The van der Waals surface area contributed by atoms with Gasteiger partial charge in [-0.15, -0.1) is 0 Å². The van der Waals surface area contributed by atoms with E-state index in [2.05, 4.69) is 15.1 Å². The minimum absolute atomic E-state index is 0.281. The molecule has 76 valence electrons. The lowest BCUT2D eigenvalue weighted by Crippen LogP contribution is -2.09. The van der Waals surface area contributed by atoms with Gasteiger partial charge in [0.15, 0.2) is 5.82 Å². The van der Waals surface area contributed by atoms with E-state index in [9.17, 15) is 4.79 Å². The molecule has 0 aromatic carbocycles. The first-order valence-corrected chi connectivity index (χ1v) is 4.09. The number of anilines is 1. The topological polar surface area (TPSA) is 113 Å². The zero-order valence-electron chi connectivity index (χ0n) is 7.66. The van der Waals surface area contributed by atoms with Crippen molar-refractivity contribution in [2.24, 2.45) is 5.73 Å². The highest BCUT2D eigenvalue weighted by molar-refractivity contribution is 5.92. The first kappa shape index (κ1) is 9.13. The monoisotopic (exact) mass is 204 g/mol. The Morgan fingerprint density at radius 3 is 2.73 bits per heavy atom. The number of aromatic nitrogens is 4. The van der Waals surface area contributed by atoms with Crippen LogP contribution in [0.25, 0.3) is 5.82 Å². The molecular weight excluding hydrogens is 196 g/mol. The predicted molar refractivity (Wildman–Crippen MR) is 52.1 cm³/mol. The third kappa shape index (κ3) is 1.75. The summed E-state index contributed by atoms with van der Waals surface area (Å²) in [4.78, 5) is 18.7. The maximum atomic E-state index is 10.8. The van der Waals surface area contributed by atoms with Gasteiger partial charge in [0, 0.05) is 6.20 Å². The van der Waals surface area contributed by atoms with E-state index in [4.69, 9.17) is 11.5 Å². The summed E-state index contributed by atoms with van der Waals surface area (Å²) in [6.07, 6.45) is 5.72. The van der Waals surface area contributed by atoms with E-state index in [1.807, 2.05) is 0 Å². The molecule has 0 aliphatic heterocycles. The molecule has 7 nitrogen and oxygen atoms in total. The third-order valence-electron chi connectivity index (χ3n) is 1.74. The van der Waals surface area contributed by atoms with Crippen LogP contribution in [0.5, 0.6) is 0 Å². The number of carbonyl (C=O) groups is 1. The second-order valence-corrected chi connectivity index (χ2v) is 2.84. The van der Waals surface area contributed by atoms with E-state index < -0.39 is 5.91 Å². The lowest BCUT2D eigenvalue weighted by atomic mass is 10.3. The van der Waals surface area contributed by atoms with Crippen LogP contribution in [0.1, 0.15) is 10.4 Å². The molecule has 0 fully saturated rings. The van der Waals surface area contributed by atoms with Gasteiger partial charge in [0.25, 0.3) is 5.91 Å². The molecule has 0 unspecified atom stereocenters. The zero-order chi connectivity index (χ0) is 10.8. The number of primary amides is 1. The molecule has 15 heavy (non-hydrogen) atoms. The maximum Gasteiger partial charge on any atom is 0.251 e. The van der Waals surface area contributed by atoms with Crippen LogP contribution >= 0.6 is 0 Å². The van der Waals surface area contributed by atoms with Crippen LogP contribution < -0.4 is 11.5 Å². The Morgan fingerprint density at radius 2 is 2.13 bits per heavy atom. The standard InChI is InChI=1S/C8H8N6O/c9-6-2-11-3-7(13-6)14-4-5(1-12-14)8(10)15/h1-4H,(H2,9,13)(H2,10,15). The molecule has 0 saturated carbocycles. The van der Waals surface area contributed by atoms with Crippen LogP contribution in [0.2, 0.25) is 0 Å². The molecule has 2 heterocycles. The highest BCUT2D eigenvalue weighted by atomic mass is 16.1. The summed E-state index contributed by atoms with van der Waals surface area (Å²) in [5.74, 6) is 0.171. The van der Waals surface area contributed by atoms with E-state index >= 15 is 0 Å². The molecule has 7 heteroatoms. The molecule has 0 saturated heterocycles. The number of amides is 1. The Morgan fingerprint density at radius 1 is 1.33 bits per heavy atom. The smallest absolute Gasteiger partial charge is 0.251 e. The van der Waals surface area contributed by atoms with Gasteiger partial charge in [-0.25, -0.2) is 9.67 Å². The second-order valence-electron chi connectivity index (χ2n) is 2.84. The summed E-state index contributed by atoms with van der Waals surface area (Å²) < 4.78 is 1.38. The fourth-order valence-corrected chi connectivity index (χ4v) is 1.06. The number of carbonyl (C=O) groups excluding carboxylic acids is 1. The summed E-state index contributed by atoms with van der Waals surface area (Å²) in [7, 11) is 0. The molecule has 0 spiro atoms. The van der Waals surface area contributed by atoms with Crippen molar-refractivity contribution in [1.29, 1.82) is 0 Å². The third-order valence-corrected chi connectivity index (χ3v) is 1.74. The molecule has 2 rings (SSSR count). The van der Waals surface area contributed by atoms with Gasteiger partial charge in [0.1, 0.15) is 5.82 Å². The minimum Gasteiger partial charge on any atom is -0.382 e. The van der Waals surface area contributed by atoms with Crippen LogP contribution in [-0.2, 0) is 0 Å². The van der Waals surface area contributed by atoms with Crippen molar-refractivity contribution in [3.05, 3.63) is 30.4 Å². The quantitative estimate of drug-likeness (QED) is 0.674. The zero-order valence-corrected chi connectivity index (χ0v) is 7.66. The van der Waals surface area contributed by atoms with Crippen molar-refractivity contribution < 1.29 is 4.79 Å². The van der Waals surface area contributed by atoms with Crippen LogP contribution in [-0.4, -0.2) is 25.7 Å². The molecule has 0 bridgehead atoms. The van der Waals surface area contributed by atoms with Gasteiger partial charge in [-0.3, -0.25) is 9.78 Å². The van der Waals surface area contributed by atoms with Crippen molar-refractivity contribution in [2.45, 2.75) is 0 Å². The summed E-state index contributed by atoms with van der Waals surface area (Å²) in [6.45, 7) is 0. The summed E-state index contributed by atoms with van der Waals surface area (Å²) >= 11 is 0. The number of rotatable bonds is 2. The molecule has 2 aromatic heterocycles. The van der Waals surface area contributed by atoms with Gasteiger partial charge in [-0.05, 0) is 0 Å². The van der Waals surface area contributed by atoms with Crippen LogP contribution in [0.15, 0.2) is 24.8 Å². The molecule has 0 aliphatic carbocycles. The molecular formula is C8H8N6O. The van der Waals surface area contributed by atoms with Gasteiger partial charge in [-0.2, -0.15) is 5.10 Å². The fourth-order valence-electron chi connectivity index (χ4n) is 1.06. The van der Waals surface area contributed by atoms with Crippen LogP contribution in [0.4, 0.5) is 5.82 Å². The largest absolute Gasteiger partial charge is 0.382 e. The highest BCUT2D eigenvalue weighted by Crippen LogP contribution is 2.05. The minimum atomic E-state index is -0.543. The second kappa shape index (κ2) is 3.37. The van der Waals surface area contributed by atoms with Crippen molar-refractivity contribution >= 4 is 11.7 Å². The first-order valence-electron chi connectivity index (χ1n) is 4.09. The SMILES string of the molecule is NC(=O)c1cnn(-c2cncc(N)n2)c1. The molecule has 2 aromatic rings. The van der Waals surface area contributed by atoms with E-state index in [1.54, 1.807) is 0 Å². The van der Waals surface area contributed by atoms with Crippen molar-refractivity contribution in [2.75, 3.05) is 5.73 Å². The molecule has 0 radical (unpaired) electrons. The Balaban J connectivity index is 2.41. The Bertz CT molecular complexity index is 505. The number of nitrogens with zero attached hydrogens (tertiary/aromatic N) is 4. The van der Waals surface area contributed by atoms with Gasteiger partial charge >= 0.3 is 0 Å². The van der Waals surface area contributed by atoms with Crippen molar-refractivity contribution in [1.82, 2.24) is 19.7 Å². The van der Waals surface area contributed by atoms with Crippen molar-refractivity contribution in [3.8, 4) is 5.82 Å². The predicted octanol–water partition coefficient (Wildman–Crippen LogP) is -0.657. The van der Waals surface area contributed by atoms with Gasteiger partial charge in [-0.1, -0.05) is 0 Å². The van der Waals surface area contributed by atoms with E-state index in [-0.39, 0.29) is 5.82 Å². The number of nitrogen functional groups attached to an aromatic ring is 1. The van der Waals surface area contributed by atoms with Gasteiger partial charge < -0.3 is 11.5 Å². The molecule has 0 aliphatic rings. The molecule has 0 atom stereocenters. The Labute approximate surface area is 84.7 Å². The van der Waals surface area contributed by atoms with E-state index in [0.717, 1.165) is 0 Å². The maximum absolute atomic E-state index is 10.8. The highest BCUT2D eigenvalue weighted by Gasteiger charge is 2.06. The Hall–Kier alpha value is -2.44. The summed E-state index contributed by atoms with van der Waals surface area (Å²) in [6, 6.07) is 0. The number of hydrogen-bond donors (Lipinski definition) is 2. The van der Waals surface area contributed by atoms with Crippen molar-refractivity contribution in [3.63, 3.8) is 0 Å². The van der Waals surface area contributed by atoms with Crippen LogP contribution in [0.3, 0.4) is 0 Å². The van der Waals surface area contributed by atoms with E-state index in [0.29, 0.717) is 11.4 Å². The molecule has 1 amide bonds. The summed E-state index contributed by atoms with van der Waals surface area (Å²) in [5.41, 5.74) is 10.8. The lowest BCUT2D eigenvalue weighted by Gasteiger charge is -1.99. The lowest BCUT2D eigenvalue weighted by molar-refractivity contribution is 0.100. The summed E-state index contributed by atoms with van der Waals surface area (Å²) in [5, 5.41) is 3.91. The molecule has 4 N–H and O–H groups in total. The average molecular weight is 204 g/mol. The van der Waals surface area contributed by atoms with Gasteiger partial charge in [0.2, 0.25) is 0 Å².